The Morgan fingerprint density at radius 1 is 0.466 bits per heavy atom. The van der Waals surface area contributed by atoms with Crippen LogP contribution in [0, 0.1) is 0 Å². The third-order valence-corrected chi connectivity index (χ3v) is 21.0. The zero-order valence-corrected chi connectivity index (χ0v) is 61.3. The molecule has 8 N–H and O–H groups in total. The van der Waals surface area contributed by atoms with Gasteiger partial charge in [-0.05, 0) is 120 Å². The van der Waals surface area contributed by atoms with E-state index in [-0.39, 0.29) is 117 Å². The molecule has 103 heavy (non-hydrogen) atoms. The van der Waals surface area contributed by atoms with Crippen molar-refractivity contribution in [3.8, 4) is 23.0 Å². The Hall–Kier alpha value is -8.74. The molecule has 0 saturated carbocycles. The molecule has 0 saturated heterocycles. The zero-order chi connectivity index (χ0) is 76.0. The number of aromatic carboxylic acids is 1. The number of carbonyl (C=O) groups excluding carboxylic acids is 6. The maximum Gasteiger partial charge on any atom is 0.471 e. The number of nitrogens with zero attached hydrogens (tertiary/aromatic N) is 4. The summed E-state index contributed by atoms with van der Waals surface area (Å²) in [4.78, 5) is 101. The summed E-state index contributed by atoms with van der Waals surface area (Å²) in [6, 6.07) is 11.8. The standard InChI is InChI=1S/C25H19Cl2NO5.C18H13Cl2F3N2O3.C16H14Cl2N2O2.C15H11Cl2NO2/c1-25(2)15-10-20(30)14(7-8-19(29)12-3-5-13(6-4-12)24(32)33)9-17(15)28-18-11-16(26)23(31)22(27)21(18)25;1-17(2)8-4-12(26)7(6-24-16(28)18(21,22)23)3-10(8)25-11-5-9(19)15(27)14(20)13(11)17;1-16(2)8-4-12(21)7(6-19)3-10(8)20-11-5-9(17)15(22)14(18)13(11)16;1-15(2)8-5-7(19)3-4-10(8)18-11-6-9(16)14(20)13(17)12(11)15/h3-6,9-11,31H,7-8H2,1-2H3,(H,32,33);3-5,27H,6H2,1-2H3,(H,24,28);3-5,22H,6,19H2,1-2H3;3-6,20H,1-2H3. The van der Waals surface area contributed by atoms with Crippen molar-refractivity contribution in [1.82, 2.24) is 5.32 Å². The molecule has 4 heterocycles. The number of carbonyl (C=O) groups is 7. The van der Waals surface area contributed by atoms with Crippen molar-refractivity contribution >= 4 is 179 Å². The Morgan fingerprint density at radius 2 is 0.786 bits per heavy atom. The third kappa shape index (κ3) is 14.4. The molecule has 1 amide bonds. The number of phenols is 4. The second kappa shape index (κ2) is 28.4. The molecule has 0 spiro atoms. The van der Waals surface area contributed by atoms with Gasteiger partial charge in [0, 0.05) is 85.7 Å². The minimum atomic E-state index is -5.04. The van der Waals surface area contributed by atoms with Gasteiger partial charge in [-0.2, -0.15) is 13.2 Å². The van der Waals surface area contributed by atoms with Crippen LogP contribution in [0.1, 0.15) is 111 Å². The van der Waals surface area contributed by atoms with Crippen molar-refractivity contribution in [3.05, 3.63) is 216 Å². The fraction of sp³-hybridized carbons (Fsp3) is 0.230. The average Bonchev–Trinajstić information content (AvgIpc) is 0.755. The SMILES string of the molecule is CC1(C)C2=CC(=O)C(CCC(=O)c3ccc(C(=O)O)cc3)=CC2=Nc2cc(Cl)c(O)c(Cl)c21.CC1(C)C2=CC(=O)C(CN)=CC2=Nc2cc(Cl)c(O)c(Cl)c21.CC1(C)C2=CC(=O)C(CNC(=O)C(F)(F)F)=CC2=Nc2cc(Cl)c(O)c(Cl)c21.CC1(C)C2=CC(=O)C=CC2=Nc2cc(Cl)c(O)c(Cl)c21. The first kappa shape index (κ1) is 76.9. The highest BCUT2D eigenvalue weighted by Gasteiger charge is 2.45. The van der Waals surface area contributed by atoms with Crippen LogP contribution >= 0.6 is 92.8 Å². The lowest BCUT2D eigenvalue weighted by molar-refractivity contribution is -0.173. The highest BCUT2D eigenvalue weighted by molar-refractivity contribution is 6.42. The molecular weight excluding hydrogens is 1510 g/mol. The summed E-state index contributed by atoms with van der Waals surface area (Å²) >= 11 is 49.1. The van der Waals surface area contributed by atoms with E-state index in [0.717, 1.165) is 16.9 Å². The van der Waals surface area contributed by atoms with Gasteiger partial charge in [0.15, 0.2) is 51.9 Å². The van der Waals surface area contributed by atoms with Crippen molar-refractivity contribution in [3.63, 3.8) is 0 Å². The summed E-state index contributed by atoms with van der Waals surface area (Å²) in [6.07, 6.45) is 9.00. The highest BCUT2D eigenvalue weighted by atomic mass is 35.5. The van der Waals surface area contributed by atoms with Crippen LogP contribution in [-0.2, 0) is 45.6 Å². The molecule has 0 radical (unpaired) electrons. The summed E-state index contributed by atoms with van der Waals surface area (Å²) in [5.74, 6) is -5.22. The highest BCUT2D eigenvalue weighted by Crippen LogP contribution is 2.56. The van der Waals surface area contributed by atoms with Gasteiger partial charge in [-0.15, -0.1) is 0 Å². The van der Waals surface area contributed by atoms with Gasteiger partial charge in [-0.25, -0.2) is 24.8 Å². The van der Waals surface area contributed by atoms with Crippen molar-refractivity contribution in [2.45, 2.75) is 96.1 Å². The van der Waals surface area contributed by atoms with Crippen LogP contribution in [0.15, 0.2) is 162 Å². The van der Waals surface area contributed by atoms with Gasteiger partial charge in [-0.1, -0.05) is 160 Å². The largest absolute Gasteiger partial charge is 0.505 e. The molecule has 5 aromatic carbocycles. The lowest BCUT2D eigenvalue weighted by Gasteiger charge is -2.36. The maximum absolute atomic E-state index is 12.8. The number of nitrogens with two attached hydrogens (primary N) is 1. The number of ketones is 5. The number of aliphatic imine (C=N–C) groups is 4. The van der Waals surface area contributed by atoms with Crippen molar-refractivity contribution in [2.75, 3.05) is 13.1 Å². The molecule has 4 aliphatic heterocycles. The molecule has 4 aliphatic carbocycles. The molecule has 0 aromatic heterocycles. The summed E-state index contributed by atoms with van der Waals surface area (Å²) in [5.41, 5.74) is 13.8. The monoisotopic (exact) mass is 1560 g/mol. The van der Waals surface area contributed by atoms with Crippen LogP contribution in [0.3, 0.4) is 0 Å². The number of benzene rings is 5. The van der Waals surface area contributed by atoms with E-state index in [0.29, 0.717) is 90.0 Å². The van der Waals surface area contributed by atoms with E-state index in [2.05, 4.69) is 20.0 Å². The molecule has 0 atom stereocenters. The maximum atomic E-state index is 12.8. The number of fused-ring (bicyclic) bond motifs is 8. The molecular formula is C74H57Cl8F3N6O12. The average molecular weight is 1560 g/mol. The van der Waals surface area contributed by atoms with E-state index in [4.69, 9.17) is 104 Å². The van der Waals surface area contributed by atoms with Crippen molar-refractivity contribution in [2.24, 2.45) is 25.7 Å². The van der Waals surface area contributed by atoms with Gasteiger partial charge < -0.3 is 36.6 Å². The molecule has 29 heteroatoms. The van der Waals surface area contributed by atoms with E-state index >= 15 is 0 Å². The number of allylic oxidation sites excluding steroid dienone is 14. The minimum Gasteiger partial charge on any atom is -0.505 e. The van der Waals surface area contributed by atoms with Gasteiger partial charge >= 0.3 is 18.1 Å². The van der Waals surface area contributed by atoms with Crippen LogP contribution in [0.25, 0.3) is 0 Å². The fourth-order valence-corrected chi connectivity index (χ4v) is 15.6. The van der Waals surface area contributed by atoms with Gasteiger partial charge in [0.05, 0.1) is 91.3 Å². The number of hydrogen-bond acceptors (Lipinski definition) is 16. The molecule has 0 fully saturated rings. The van der Waals surface area contributed by atoms with E-state index in [1.54, 1.807) is 61.7 Å². The van der Waals surface area contributed by atoms with Gasteiger partial charge in [0.25, 0.3) is 0 Å². The van der Waals surface area contributed by atoms with Gasteiger partial charge in [0.2, 0.25) is 0 Å². The van der Waals surface area contributed by atoms with E-state index in [9.17, 15) is 67.2 Å². The van der Waals surface area contributed by atoms with Crippen LogP contribution in [0.2, 0.25) is 40.2 Å². The number of amides is 1. The quantitative estimate of drug-likeness (QED) is 0.0562. The molecule has 18 nitrogen and oxygen atoms in total. The van der Waals surface area contributed by atoms with E-state index < -0.39 is 52.0 Å². The summed E-state index contributed by atoms with van der Waals surface area (Å²) in [6.45, 7) is 14.6. The Labute approximate surface area is 626 Å². The number of aromatic hydroxyl groups is 4. The lowest BCUT2D eigenvalue weighted by Crippen LogP contribution is -2.39. The van der Waals surface area contributed by atoms with Crippen molar-refractivity contribution < 1.29 is 72.3 Å². The minimum absolute atomic E-state index is 0.00939. The molecule has 8 aliphatic rings. The number of phenolic OH excluding ortho intramolecular Hbond substituents is 4. The summed E-state index contributed by atoms with van der Waals surface area (Å²) in [7, 11) is 0. The molecule has 0 unspecified atom stereocenters. The number of carboxylic acids is 1. The molecule has 0 bridgehead atoms. The number of hydrogen-bond donors (Lipinski definition) is 7. The molecule has 5 aromatic rings. The lowest BCUT2D eigenvalue weighted by atomic mass is 9.70. The summed E-state index contributed by atoms with van der Waals surface area (Å²) in [5, 5.41) is 51.6. The van der Waals surface area contributed by atoms with Gasteiger partial charge in [-0.3, -0.25) is 28.8 Å². The van der Waals surface area contributed by atoms with Crippen LogP contribution in [-0.4, -0.2) is 108 Å². The number of alkyl halides is 3. The number of carboxylic acid groups (broad SMARTS) is 1. The normalized spacial score (nSPS) is 17.8. The Balaban J connectivity index is 0.000000150. The summed E-state index contributed by atoms with van der Waals surface area (Å²) < 4.78 is 37.0. The fourth-order valence-electron chi connectivity index (χ4n) is 12.9. The number of Topliss-reactive ketones (excluding diaryl/α,β-unsaturated/α-hetero) is 1. The van der Waals surface area contributed by atoms with E-state index in [1.165, 1.54) is 60.7 Å². The Morgan fingerprint density at radius 3 is 1.15 bits per heavy atom. The van der Waals surface area contributed by atoms with Crippen molar-refractivity contribution in [1.29, 1.82) is 0 Å². The predicted octanol–water partition coefficient (Wildman–Crippen LogP) is 17.6. The van der Waals surface area contributed by atoms with Crippen LogP contribution in [0.5, 0.6) is 23.0 Å². The first-order chi connectivity index (χ1) is 47.9. The number of nitrogens with one attached hydrogen (secondary N) is 1. The molecule has 532 valence electrons. The second-order valence-electron chi connectivity index (χ2n) is 26.4. The smallest absolute Gasteiger partial charge is 0.471 e. The zero-order valence-electron chi connectivity index (χ0n) is 55.3. The Bertz CT molecular complexity index is 5120. The number of halogens is 11. The third-order valence-electron chi connectivity index (χ3n) is 18.3. The van der Waals surface area contributed by atoms with Crippen LogP contribution < -0.4 is 11.1 Å². The molecule has 13 rings (SSSR count). The Kier molecular flexibility index (Phi) is 21.2. The first-order valence-corrected chi connectivity index (χ1v) is 33.9. The predicted molar refractivity (Wildman–Crippen MR) is 394 cm³/mol. The second-order valence-corrected chi connectivity index (χ2v) is 29.5. The first-order valence-electron chi connectivity index (χ1n) is 30.9. The van der Waals surface area contributed by atoms with E-state index in [1.807, 2.05) is 41.5 Å². The topological polar surface area (TPSA) is 308 Å². The van der Waals surface area contributed by atoms with Crippen LogP contribution in [0.4, 0.5) is 35.9 Å². The van der Waals surface area contributed by atoms with Gasteiger partial charge in [0.1, 0.15) is 0 Å². The number of rotatable bonds is 8.